The third-order valence-electron chi connectivity index (χ3n) is 3.47. The SMILES string of the molecule is Cc1ccc(/C=N/c2[nH]nc(Nc3cccc(Cl)c3)c2C#N)c(O)c1. The van der Waals surface area contributed by atoms with Crippen molar-refractivity contribution in [2.75, 3.05) is 5.32 Å². The first-order chi connectivity index (χ1) is 12.1. The fraction of sp³-hybridized carbons (Fsp3) is 0.0556. The van der Waals surface area contributed by atoms with Crippen molar-refractivity contribution in [2.24, 2.45) is 4.99 Å². The molecule has 0 spiro atoms. The number of aromatic nitrogens is 2. The van der Waals surface area contributed by atoms with Gasteiger partial charge in [-0.3, -0.25) is 5.10 Å². The molecule has 0 saturated heterocycles. The normalized spacial score (nSPS) is 10.8. The van der Waals surface area contributed by atoms with Gasteiger partial charge in [-0.1, -0.05) is 23.7 Å². The Kier molecular flexibility index (Phi) is 4.68. The van der Waals surface area contributed by atoms with E-state index in [0.29, 0.717) is 27.9 Å². The minimum absolute atomic E-state index is 0.124. The molecule has 0 aliphatic heterocycles. The molecule has 3 aromatic rings. The summed E-state index contributed by atoms with van der Waals surface area (Å²) in [6.45, 7) is 1.89. The minimum atomic E-state index is 0.124. The van der Waals surface area contributed by atoms with Gasteiger partial charge in [-0.25, -0.2) is 4.99 Å². The van der Waals surface area contributed by atoms with Crippen LogP contribution in [0, 0.1) is 18.3 Å². The molecule has 25 heavy (non-hydrogen) atoms. The third kappa shape index (κ3) is 3.79. The number of aryl methyl sites for hydroxylation is 1. The molecule has 0 saturated carbocycles. The van der Waals surface area contributed by atoms with E-state index in [-0.39, 0.29) is 11.3 Å². The van der Waals surface area contributed by atoms with Gasteiger partial charge in [-0.2, -0.15) is 10.4 Å². The molecule has 1 heterocycles. The van der Waals surface area contributed by atoms with Crippen LogP contribution in [0.5, 0.6) is 5.75 Å². The zero-order chi connectivity index (χ0) is 17.8. The molecular weight excluding hydrogens is 338 g/mol. The lowest BCUT2D eigenvalue weighted by molar-refractivity contribution is 0.474. The maximum atomic E-state index is 9.91. The first-order valence-corrected chi connectivity index (χ1v) is 7.79. The van der Waals surface area contributed by atoms with Crippen molar-refractivity contribution in [3.63, 3.8) is 0 Å². The summed E-state index contributed by atoms with van der Waals surface area (Å²) in [5.74, 6) is 0.774. The summed E-state index contributed by atoms with van der Waals surface area (Å²) in [5, 5.41) is 29.7. The van der Waals surface area contributed by atoms with Crippen molar-refractivity contribution in [1.82, 2.24) is 10.2 Å². The fourth-order valence-corrected chi connectivity index (χ4v) is 2.41. The van der Waals surface area contributed by atoms with Gasteiger partial charge in [0.1, 0.15) is 17.4 Å². The molecule has 124 valence electrons. The smallest absolute Gasteiger partial charge is 0.172 e. The number of hydrogen-bond donors (Lipinski definition) is 3. The van der Waals surface area contributed by atoms with Crippen LogP contribution in [0.1, 0.15) is 16.7 Å². The molecule has 7 heteroatoms. The van der Waals surface area contributed by atoms with E-state index in [1.807, 2.05) is 19.1 Å². The Bertz CT molecular complexity index is 987. The van der Waals surface area contributed by atoms with E-state index >= 15 is 0 Å². The number of aliphatic imine (C=N–C) groups is 1. The Hall–Kier alpha value is -3.30. The highest BCUT2D eigenvalue weighted by Gasteiger charge is 2.12. The lowest BCUT2D eigenvalue weighted by atomic mass is 10.1. The number of anilines is 2. The largest absolute Gasteiger partial charge is 0.507 e. The molecule has 2 aromatic carbocycles. The first kappa shape index (κ1) is 16.6. The Morgan fingerprint density at radius 1 is 1.32 bits per heavy atom. The Morgan fingerprint density at radius 2 is 2.16 bits per heavy atom. The van der Waals surface area contributed by atoms with E-state index in [2.05, 4.69) is 26.6 Å². The highest BCUT2D eigenvalue weighted by atomic mass is 35.5. The molecule has 0 amide bonds. The molecule has 0 aliphatic rings. The summed E-state index contributed by atoms with van der Waals surface area (Å²) in [6, 6.07) is 14.4. The monoisotopic (exact) mass is 351 g/mol. The summed E-state index contributed by atoms with van der Waals surface area (Å²) in [6.07, 6.45) is 1.48. The Morgan fingerprint density at radius 3 is 2.88 bits per heavy atom. The number of hydrogen-bond acceptors (Lipinski definition) is 5. The number of halogens is 1. The van der Waals surface area contributed by atoms with E-state index in [1.54, 1.807) is 30.3 Å². The van der Waals surface area contributed by atoms with Gasteiger partial charge in [0.05, 0.1) is 0 Å². The van der Waals surface area contributed by atoms with Gasteiger partial charge in [-0.15, -0.1) is 0 Å². The molecule has 0 atom stereocenters. The van der Waals surface area contributed by atoms with Gasteiger partial charge >= 0.3 is 0 Å². The van der Waals surface area contributed by atoms with Crippen LogP contribution in [-0.4, -0.2) is 21.5 Å². The second-order valence-electron chi connectivity index (χ2n) is 5.36. The highest BCUT2D eigenvalue weighted by molar-refractivity contribution is 6.30. The molecule has 1 aromatic heterocycles. The van der Waals surface area contributed by atoms with Crippen molar-refractivity contribution in [3.05, 3.63) is 64.2 Å². The van der Waals surface area contributed by atoms with E-state index in [0.717, 1.165) is 5.56 Å². The van der Waals surface area contributed by atoms with E-state index in [9.17, 15) is 10.4 Å². The summed E-state index contributed by atoms with van der Waals surface area (Å²) in [4.78, 5) is 4.23. The molecule has 3 N–H and O–H groups in total. The lowest BCUT2D eigenvalue weighted by Gasteiger charge is -2.03. The highest BCUT2D eigenvalue weighted by Crippen LogP contribution is 2.27. The predicted octanol–water partition coefficient (Wildman–Crippen LogP) is 4.44. The fourth-order valence-electron chi connectivity index (χ4n) is 2.22. The number of nitrogens with zero attached hydrogens (tertiary/aromatic N) is 3. The Balaban J connectivity index is 1.87. The topological polar surface area (TPSA) is 97.1 Å². The molecular formula is C18H14ClN5O. The quantitative estimate of drug-likeness (QED) is 0.605. The van der Waals surface area contributed by atoms with Gasteiger partial charge in [0.15, 0.2) is 11.6 Å². The number of phenols is 1. The average molecular weight is 352 g/mol. The van der Waals surface area contributed by atoms with E-state index in [4.69, 9.17) is 11.6 Å². The molecule has 0 unspecified atom stereocenters. The molecule has 0 fully saturated rings. The average Bonchev–Trinajstić information content (AvgIpc) is 2.95. The zero-order valence-electron chi connectivity index (χ0n) is 13.3. The zero-order valence-corrected chi connectivity index (χ0v) is 14.0. The summed E-state index contributed by atoms with van der Waals surface area (Å²) in [5.41, 5.74) is 2.47. The number of benzene rings is 2. The maximum Gasteiger partial charge on any atom is 0.172 e. The number of H-pyrrole nitrogens is 1. The third-order valence-corrected chi connectivity index (χ3v) is 3.70. The molecule has 0 aliphatic carbocycles. The summed E-state index contributed by atoms with van der Waals surface area (Å²) in [7, 11) is 0. The number of nitrogens with one attached hydrogen (secondary N) is 2. The molecule has 0 bridgehead atoms. The first-order valence-electron chi connectivity index (χ1n) is 7.41. The number of aromatic amines is 1. The van der Waals surface area contributed by atoms with Gasteiger partial charge in [0, 0.05) is 22.5 Å². The predicted molar refractivity (Wildman–Crippen MR) is 98.1 cm³/mol. The number of phenolic OH excluding ortho intramolecular Hbond substituents is 1. The maximum absolute atomic E-state index is 9.91. The summed E-state index contributed by atoms with van der Waals surface area (Å²) < 4.78 is 0. The minimum Gasteiger partial charge on any atom is -0.507 e. The van der Waals surface area contributed by atoms with Crippen LogP contribution in [0.15, 0.2) is 47.5 Å². The lowest BCUT2D eigenvalue weighted by Crippen LogP contribution is -1.92. The van der Waals surface area contributed by atoms with Gasteiger partial charge in [0.25, 0.3) is 0 Å². The van der Waals surface area contributed by atoms with Crippen molar-refractivity contribution < 1.29 is 5.11 Å². The van der Waals surface area contributed by atoms with Gasteiger partial charge in [-0.05, 0) is 42.8 Å². The van der Waals surface area contributed by atoms with Crippen LogP contribution in [0.4, 0.5) is 17.3 Å². The molecule has 0 radical (unpaired) electrons. The van der Waals surface area contributed by atoms with Crippen molar-refractivity contribution >= 4 is 35.1 Å². The van der Waals surface area contributed by atoms with Crippen LogP contribution in [-0.2, 0) is 0 Å². The number of aromatic hydroxyl groups is 1. The Labute approximate surface area is 149 Å². The van der Waals surface area contributed by atoms with Gasteiger partial charge in [0.2, 0.25) is 0 Å². The standard InChI is InChI=1S/C18H14ClN5O/c1-11-5-6-12(16(25)7-11)10-21-17-15(9-20)18(24-23-17)22-14-4-2-3-13(19)8-14/h2-8,10,25H,1H3,(H2,22,23,24)/b21-10+. The van der Waals surface area contributed by atoms with Crippen LogP contribution < -0.4 is 5.32 Å². The number of rotatable bonds is 4. The van der Waals surface area contributed by atoms with Crippen molar-refractivity contribution in [2.45, 2.75) is 6.92 Å². The van der Waals surface area contributed by atoms with Crippen LogP contribution in [0.2, 0.25) is 5.02 Å². The van der Waals surface area contributed by atoms with E-state index < -0.39 is 0 Å². The van der Waals surface area contributed by atoms with Crippen molar-refractivity contribution in [3.8, 4) is 11.8 Å². The van der Waals surface area contributed by atoms with Crippen molar-refractivity contribution in [1.29, 1.82) is 5.26 Å². The number of nitriles is 1. The van der Waals surface area contributed by atoms with E-state index in [1.165, 1.54) is 6.21 Å². The summed E-state index contributed by atoms with van der Waals surface area (Å²) >= 11 is 5.95. The molecule has 3 rings (SSSR count). The second-order valence-corrected chi connectivity index (χ2v) is 5.80. The molecule has 6 nitrogen and oxygen atoms in total. The van der Waals surface area contributed by atoms with Gasteiger partial charge < -0.3 is 10.4 Å². The van der Waals surface area contributed by atoms with Crippen LogP contribution in [0.25, 0.3) is 0 Å². The van der Waals surface area contributed by atoms with Crippen LogP contribution in [0.3, 0.4) is 0 Å². The second kappa shape index (κ2) is 7.07. The van der Waals surface area contributed by atoms with Crippen LogP contribution >= 0.6 is 11.6 Å².